The Labute approximate surface area is 112 Å². The average Bonchev–Trinajstić information content (AvgIpc) is 2.68. The summed E-state index contributed by atoms with van der Waals surface area (Å²) in [6.07, 6.45) is 3.55. The van der Waals surface area contributed by atoms with Crippen LogP contribution in [0.15, 0.2) is 18.7 Å². The van der Waals surface area contributed by atoms with E-state index >= 15 is 0 Å². The molecule has 0 aromatic carbocycles. The van der Waals surface area contributed by atoms with Crippen molar-refractivity contribution < 1.29 is 14.6 Å². The second-order valence-corrected chi connectivity index (χ2v) is 6.19. The molecule has 0 unspecified atom stereocenters. The van der Waals surface area contributed by atoms with E-state index in [1.165, 1.54) is 11.3 Å². The van der Waals surface area contributed by atoms with Crippen LogP contribution >= 0.6 is 11.3 Å². The number of hydrogen-bond donors (Lipinski definition) is 1. The summed E-state index contributed by atoms with van der Waals surface area (Å²) in [5, 5.41) is 9.16. The SMILES string of the molecule is C=CCCCOc1cc(C(C)(C)C)sc1C(=O)O. The summed E-state index contributed by atoms with van der Waals surface area (Å²) in [6.45, 7) is 10.3. The molecular weight excluding hydrogens is 248 g/mol. The normalized spacial score (nSPS) is 11.3. The van der Waals surface area contributed by atoms with Gasteiger partial charge in [-0.25, -0.2) is 4.79 Å². The lowest BCUT2D eigenvalue weighted by atomic mass is 9.95. The van der Waals surface area contributed by atoms with Crippen LogP contribution in [0.25, 0.3) is 0 Å². The van der Waals surface area contributed by atoms with Crippen molar-refractivity contribution in [1.82, 2.24) is 0 Å². The van der Waals surface area contributed by atoms with Crippen molar-refractivity contribution in [3.05, 3.63) is 28.5 Å². The topological polar surface area (TPSA) is 46.5 Å². The van der Waals surface area contributed by atoms with E-state index in [2.05, 4.69) is 27.4 Å². The van der Waals surface area contributed by atoms with Crippen LogP contribution < -0.4 is 4.74 Å². The summed E-state index contributed by atoms with van der Waals surface area (Å²) >= 11 is 1.29. The third-order valence-electron chi connectivity index (χ3n) is 2.44. The zero-order chi connectivity index (χ0) is 13.8. The first-order valence-corrected chi connectivity index (χ1v) is 6.79. The highest BCUT2D eigenvalue weighted by atomic mass is 32.1. The van der Waals surface area contributed by atoms with E-state index in [1.807, 2.05) is 12.1 Å². The number of carboxylic acid groups (broad SMARTS) is 1. The maximum Gasteiger partial charge on any atom is 0.349 e. The molecule has 0 saturated carbocycles. The average molecular weight is 268 g/mol. The third-order valence-corrected chi connectivity index (χ3v) is 3.97. The van der Waals surface area contributed by atoms with Gasteiger partial charge in [-0.2, -0.15) is 0 Å². The Kier molecular flexibility index (Phi) is 4.96. The first kappa shape index (κ1) is 14.8. The molecule has 1 aromatic heterocycles. The molecule has 0 saturated heterocycles. The Morgan fingerprint density at radius 1 is 1.56 bits per heavy atom. The quantitative estimate of drug-likeness (QED) is 0.624. The van der Waals surface area contributed by atoms with Crippen molar-refractivity contribution in [3.63, 3.8) is 0 Å². The maximum absolute atomic E-state index is 11.2. The van der Waals surface area contributed by atoms with Crippen molar-refractivity contribution in [2.45, 2.75) is 39.0 Å². The molecule has 0 spiro atoms. The van der Waals surface area contributed by atoms with Gasteiger partial charge in [0.25, 0.3) is 0 Å². The van der Waals surface area contributed by atoms with Gasteiger partial charge in [0.15, 0.2) is 4.88 Å². The Bertz CT molecular complexity index is 427. The standard InChI is InChI=1S/C14H20O3S/c1-5-6-7-8-17-10-9-11(14(2,3)4)18-12(10)13(15)16/h5,9H,1,6-8H2,2-4H3,(H,15,16). The fraction of sp³-hybridized carbons (Fsp3) is 0.500. The molecule has 100 valence electrons. The van der Waals surface area contributed by atoms with E-state index in [-0.39, 0.29) is 5.41 Å². The van der Waals surface area contributed by atoms with E-state index in [1.54, 1.807) is 0 Å². The number of aromatic carboxylic acids is 1. The van der Waals surface area contributed by atoms with Crippen LogP contribution in [0.5, 0.6) is 5.75 Å². The van der Waals surface area contributed by atoms with E-state index in [0.717, 1.165) is 17.7 Å². The number of hydrogen-bond acceptors (Lipinski definition) is 3. The molecule has 0 radical (unpaired) electrons. The van der Waals surface area contributed by atoms with E-state index in [0.29, 0.717) is 17.2 Å². The smallest absolute Gasteiger partial charge is 0.349 e. The van der Waals surface area contributed by atoms with Gasteiger partial charge in [-0.15, -0.1) is 17.9 Å². The van der Waals surface area contributed by atoms with Crippen molar-refractivity contribution in [3.8, 4) is 5.75 Å². The van der Waals surface area contributed by atoms with E-state index < -0.39 is 5.97 Å². The highest BCUT2D eigenvalue weighted by Gasteiger charge is 2.23. The molecule has 1 rings (SSSR count). The molecule has 1 heterocycles. The number of allylic oxidation sites excluding steroid dienone is 1. The highest BCUT2D eigenvalue weighted by molar-refractivity contribution is 7.14. The van der Waals surface area contributed by atoms with Crippen LogP contribution in [0.2, 0.25) is 0 Å². The Hall–Kier alpha value is -1.29. The van der Waals surface area contributed by atoms with Gasteiger partial charge in [-0.3, -0.25) is 0 Å². The number of carbonyl (C=O) groups is 1. The number of unbranched alkanes of at least 4 members (excludes halogenated alkanes) is 1. The molecule has 0 atom stereocenters. The third kappa shape index (κ3) is 3.88. The minimum atomic E-state index is -0.922. The van der Waals surface area contributed by atoms with Crippen molar-refractivity contribution in [2.75, 3.05) is 6.61 Å². The molecule has 1 N–H and O–H groups in total. The molecular formula is C14H20O3S. The second-order valence-electron chi connectivity index (χ2n) is 5.14. The van der Waals surface area contributed by atoms with Gasteiger partial charge < -0.3 is 9.84 Å². The van der Waals surface area contributed by atoms with Gasteiger partial charge in [-0.05, 0) is 24.3 Å². The lowest BCUT2D eigenvalue weighted by molar-refractivity contribution is 0.0698. The lowest BCUT2D eigenvalue weighted by Crippen LogP contribution is -2.08. The summed E-state index contributed by atoms with van der Waals surface area (Å²) in [6, 6.07) is 1.85. The molecule has 0 fully saturated rings. The Morgan fingerprint density at radius 2 is 2.22 bits per heavy atom. The van der Waals surface area contributed by atoms with Gasteiger partial charge in [-0.1, -0.05) is 26.8 Å². The molecule has 0 aliphatic carbocycles. The van der Waals surface area contributed by atoms with Crippen molar-refractivity contribution in [1.29, 1.82) is 0 Å². The van der Waals surface area contributed by atoms with Crippen LogP contribution in [-0.4, -0.2) is 17.7 Å². The molecule has 0 bridgehead atoms. The molecule has 3 nitrogen and oxygen atoms in total. The first-order chi connectivity index (χ1) is 8.36. The van der Waals surface area contributed by atoms with Crippen LogP contribution in [0.4, 0.5) is 0 Å². The van der Waals surface area contributed by atoms with Crippen LogP contribution in [-0.2, 0) is 5.41 Å². The number of carboxylic acids is 1. The largest absolute Gasteiger partial charge is 0.492 e. The highest BCUT2D eigenvalue weighted by Crippen LogP contribution is 2.36. The van der Waals surface area contributed by atoms with E-state index in [4.69, 9.17) is 9.84 Å². The number of ether oxygens (including phenoxy) is 1. The Balaban J connectivity index is 2.85. The summed E-state index contributed by atoms with van der Waals surface area (Å²) in [4.78, 5) is 12.5. The van der Waals surface area contributed by atoms with Crippen LogP contribution in [0, 0.1) is 0 Å². The lowest BCUT2D eigenvalue weighted by Gasteiger charge is -2.14. The van der Waals surface area contributed by atoms with E-state index in [9.17, 15) is 4.79 Å². The maximum atomic E-state index is 11.2. The Morgan fingerprint density at radius 3 is 2.72 bits per heavy atom. The zero-order valence-electron chi connectivity index (χ0n) is 11.2. The molecule has 0 aliphatic heterocycles. The number of thiophene rings is 1. The molecule has 18 heavy (non-hydrogen) atoms. The zero-order valence-corrected chi connectivity index (χ0v) is 12.0. The minimum Gasteiger partial charge on any atom is -0.492 e. The van der Waals surface area contributed by atoms with Gasteiger partial charge in [0, 0.05) is 4.88 Å². The molecule has 0 amide bonds. The van der Waals surface area contributed by atoms with Crippen molar-refractivity contribution in [2.24, 2.45) is 0 Å². The second kappa shape index (κ2) is 6.05. The molecule has 0 aliphatic rings. The minimum absolute atomic E-state index is 0.0579. The molecule has 1 aromatic rings. The number of rotatable bonds is 6. The van der Waals surface area contributed by atoms with Crippen molar-refractivity contribution >= 4 is 17.3 Å². The van der Waals surface area contributed by atoms with Gasteiger partial charge >= 0.3 is 5.97 Å². The van der Waals surface area contributed by atoms with Gasteiger partial charge in [0.1, 0.15) is 5.75 Å². The first-order valence-electron chi connectivity index (χ1n) is 5.97. The summed E-state index contributed by atoms with van der Waals surface area (Å²) in [5.74, 6) is -0.435. The fourth-order valence-corrected chi connectivity index (χ4v) is 2.41. The monoisotopic (exact) mass is 268 g/mol. The van der Waals surface area contributed by atoms with Crippen LogP contribution in [0.3, 0.4) is 0 Å². The predicted octanol–water partition coefficient (Wildman–Crippen LogP) is 4.09. The summed E-state index contributed by atoms with van der Waals surface area (Å²) in [5.41, 5.74) is -0.0579. The van der Waals surface area contributed by atoms with Crippen LogP contribution in [0.1, 0.15) is 48.2 Å². The summed E-state index contributed by atoms with van der Waals surface area (Å²) < 4.78 is 5.56. The fourth-order valence-electron chi connectivity index (χ4n) is 1.41. The summed E-state index contributed by atoms with van der Waals surface area (Å²) in [7, 11) is 0. The van der Waals surface area contributed by atoms with Gasteiger partial charge in [0.2, 0.25) is 0 Å². The van der Waals surface area contributed by atoms with Gasteiger partial charge in [0.05, 0.1) is 6.61 Å². The molecule has 4 heteroatoms. The predicted molar refractivity (Wildman–Crippen MR) is 74.9 cm³/mol.